The van der Waals surface area contributed by atoms with Crippen molar-refractivity contribution in [1.82, 2.24) is 4.90 Å². The first-order chi connectivity index (χ1) is 10.3. The topological polar surface area (TPSA) is 44.8 Å². The highest BCUT2D eigenvalue weighted by Crippen LogP contribution is 2.30. The number of benzene rings is 1. The Labute approximate surface area is 124 Å². The average Bonchev–Trinajstić information content (AvgIpc) is 3.09. The Morgan fingerprint density at radius 3 is 2.95 bits per heavy atom. The SMILES string of the molecule is O=C1OCCN1c1cccc(NC2CCN3CCC2C3)c1. The van der Waals surface area contributed by atoms with Gasteiger partial charge in [0.05, 0.1) is 6.54 Å². The van der Waals surface area contributed by atoms with Gasteiger partial charge in [-0.15, -0.1) is 0 Å². The number of cyclic esters (lactones) is 1. The van der Waals surface area contributed by atoms with Crippen LogP contribution in [-0.4, -0.2) is 49.8 Å². The van der Waals surface area contributed by atoms with Crippen molar-refractivity contribution in [2.24, 2.45) is 5.92 Å². The minimum absolute atomic E-state index is 0.240. The normalized spacial score (nSPS) is 31.3. The first-order valence-corrected chi connectivity index (χ1v) is 7.83. The van der Waals surface area contributed by atoms with Crippen LogP contribution in [0.2, 0.25) is 0 Å². The highest BCUT2D eigenvalue weighted by atomic mass is 16.6. The first kappa shape index (κ1) is 13.0. The van der Waals surface area contributed by atoms with Gasteiger partial charge in [0.2, 0.25) is 0 Å². The summed E-state index contributed by atoms with van der Waals surface area (Å²) in [6.45, 7) is 4.81. The summed E-state index contributed by atoms with van der Waals surface area (Å²) < 4.78 is 5.01. The van der Waals surface area contributed by atoms with E-state index in [0.29, 0.717) is 19.2 Å². The van der Waals surface area contributed by atoms with Crippen molar-refractivity contribution in [3.05, 3.63) is 24.3 Å². The number of hydrogen-bond donors (Lipinski definition) is 1. The van der Waals surface area contributed by atoms with E-state index in [1.54, 1.807) is 4.90 Å². The summed E-state index contributed by atoms with van der Waals surface area (Å²) in [5.41, 5.74) is 2.03. The monoisotopic (exact) mass is 287 g/mol. The second-order valence-electron chi connectivity index (χ2n) is 6.21. The lowest BCUT2D eigenvalue weighted by Gasteiger charge is -2.31. The number of fused-ring (bicyclic) bond motifs is 2. The van der Waals surface area contributed by atoms with Gasteiger partial charge in [0.25, 0.3) is 0 Å². The lowest BCUT2D eigenvalue weighted by molar-refractivity contribution is 0.181. The average molecular weight is 287 g/mol. The lowest BCUT2D eigenvalue weighted by atomic mass is 9.94. The van der Waals surface area contributed by atoms with Gasteiger partial charge in [-0.05, 0) is 43.5 Å². The summed E-state index contributed by atoms with van der Waals surface area (Å²) in [5.74, 6) is 0.763. The number of amides is 1. The molecule has 0 aliphatic carbocycles. The highest BCUT2D eigenvalue weighted by molar-refractivity contribution is 5.89. The second-order valence-corrected chi connectivity index (χ2v) is 6.21. The predicted molar refractivity (Wildman–Crippen MR) is 81.7 cm³/mol. The van der Waals surface area contributed by atoms with Crippen LogP contribution in [0.4, 0.5) is 16.2 Å². The molecule has 4 rings (SSSR count). The zero-order chi connectivity index (χ0) is 14.2. The molecule has 1 aromatic carbocycles. The molecule has 0 aromatic heterocycles. The van der Waals surface area contributed by atoms with Gasteiger partial charge in [0.1, 0.15) is 6.61 Å². The molecule has 1 amide bonds. The van der Waals surface area contributed by atoms with Crippen molar-refractivity contribution in [3.63, 3.8) is 0 Å². The standard InChI is InChI=1S/C16H21N3O2/c20-16-19(8-9-21-16)14-3-1-2-13(10-14)17-15-5-7-18-6-4-12(15)11-18/h1-3,10,12,15,17H,4-9,11H2. The fourth-order valence-electron chi connectivity index (χ4n) is 3.75. The van der Waals surface area contributed by atoms with Gasteiger partial charge in [-0.3, -0.25) is 4.90 Å². The van der Waals surface area contributed by atoms with Gasteiger partial charge >= 0.3 is 6.09 Å². The van der Waals surface area contributed by atoms with E-state index < -0.39 is 0 Å². The fraction of sp³-hybridized carbons (Fsp3) is 0.562. The number of hydrogen-bond acceptors (Lipinski definition) is 4. The molecule has 5 nitrogen and oxygen atoms in total. The zero-order valence-electron chi connectivity index (χ0n) is 12.1. The molecule has 3 heterocycles. The van der Waals surface area contributed by atoms with E-state index in [-0.39, 0.29) is 6.09 Å². The van der Waals surface area contributed by atoms with E-state index in [1.165, 1.54) is 32.5 Å². The molecule has 1 N–H and O–H groups in total. The summed E-state index contributed by atoms with van der Waals surface area (Å²) in [5, 5.41) is 3.68. The maximum absolute atomic E-state index is 11.7. The summed E-state index contributed by atoms with van der Waals surface area (Å²) >= 11 is 0. The van der Waals surface area contributed by atoms with E-state index in [1.807, 2.05) is 12.1 Å². The van der Waals surface area contributed by atoms with E-state index in [9.17, 15) is 4.79 Å². The molecule has 0 saturated carbocycles. The first-order valence-electron chi connectivity index (χ1n) is 7.83. The van der Waals surface area contributed by atoms with Crippen LogP contribution in [0.25, 0.3) is 0 Å². The van der Waals surface area contributed by atoms with Crippen LogP contribution in [0.3, 0.4) is 0 Å². The maximum atomic E-state index is 11.7. The molecule has 3 aliphatic heterocycles. The lowest BCUT2D eigenvalue weighted by Crippen LogP contribution is -2.39. The molecule has 0 spiro atoms. The third-order valence-electron chi connectivity index (χ3n) is 4.90. The van der Waals surface area contributed by atoms with Crippen molar-refractivity contribution < 1.29 is 9.53 Å². The number of carbonyl (C=O) groups is 1. The molecule has 0 radical (unpaired) electrons. The minimum Gasteiger partial charge on any atom is -0.447 e. The van der Waals surface area contributed by atoms with Gasteiger partial charge in [-0.25, -0.2) is 4.79 Å². The molecule has 5 heteroatoms. The van der Waals surface area contributed by atoms with Crippen molar-refractivity contribution >= 4 is 17.5 Å². The number of anilines is 2. The zero-order valence-corrected chi connectivity index (χ0v) is 12.1. The van der Waals surface area contributed by atoms with E-state index in [0.717, 1.165) is 17.3 Å². The Balaban J connectivity index is 1.49. The number of nitrogens with zero attached hydrogens (tertiary/aromatic N) is 2. The molecule has 3 fully saturated rings. The van der Waals surface area contributed by atoms with Crippen LogP contribution >= 0.6 is 0 Å². The predicted octanol–water partition coefficient (Wildman–Crippen LogP) is 2.15. The summed E-state index contributed by atoms with van der Waals surface area (Å²) in [4.78, 5) is 15.9. The van der Waals surface area contributed by atoms with Crippen LogP contribution in [0.15, 0.2) is 24.3 Å². The summed E-state index contributed by atoms with van der Waals surface area (Å²) in [6.07, 6.45) is 2.27. The number of ether oxygens (including phenoxy) is 1. The number of piperidine rings is 1. The summed E-state index contributed by atoms with van der Waals surface area (Å²) in [6, 6.07) is 8.69. The van der Waals surface area contributed by atoms with Crippen LogP contribution in [-0.2, 0) is 4.74 Å². The molecule has 112 valence electrons. The molecular weight excluding hydrogens is 266 g/mol. The van der Waals surface area contributed by atoms with E-state index >= 15 is 0 Å². The molecule has 3 saturated heterocycles. The number of carbonyl (C=O) groups excluding carboxylic acids is 1. The largest absolute Gasteiger partial charge is 0.447 e. The Morgan fingerprint density at radius 2 is 2.10 bits per heavy atom. The molecule has 3 unspecified atom stereocenters. The number of nitrogens with one attached hydrogen (secondary N) is 1. The van der Waals surface area contributed by atoms with Crippen LogP contribution < -0.4 is 10.2 Å². The van der Waals surface area contributed by atoms with E-state index in [4.69, 9.17) is 4.74 Å². The van der Waals surface area contributed by atoms with E-state index in [2.05, 4.69) is 22.3 Å². The Morgan fingerprint density at radius 1 is 1.19 bits per heavy atom. The third kappa shape index (κ3) is 2.46. The van der Waals surface area contributed by atoms with Crippen LogP contribution in [0, 0.1) is 5.92 Å². The van der Waals surface area contributed by atoms with Crippen molar-refractivity contribution in [1.29, 1.82) is 0 Å². The van der Waals surface area contributed by atoms with Gasteiger partial charge < -0.3 is 15.0 Å². The van der Waals surface area contributed by atoms with Crippen LogP contribution in [0.5, 0.6) is 0 Å². The minimum atomic E-state index is -0.240. The fourth-order valence-corrected chi connectivity index (χ4v) is 3.75. The highest BCUT2D eigenvalue weighted by Gasteiger charge is 2.34. The molecule has 3 atom stereocenters. The van der Waals surface area contributed by atoms with Gasteiger partial charge in [0.15, 0.2) is 0 Å². The number of rotatable bonds is 3. The Bertz CT molecular complexity index is 548. The van der Waals surface area contributed by atoms with Crippen molar-refractivity contribution in [2.75, 3.05) is 43.0 Å². The van der Waals surface area contributed by atoms with Crippen LogP contribution in [0.1, 0.15) is 12.8 Å². The van der Waals surface area contributed by atoms with Gasteiger partial charge in [-0.1, -0.05) is 6.07 Å². The molecular formula is C16H21N3O2. The summed E-state index contributed by atoms with van der Waals surface area (Å²) in [7, 11) is 0. The quantitative estimate of drug-likeness (QED) is 0.925. The second kappa shape index (κ2) is 5.22. The molecule has 2 bridgehead atoms. The van der Waals surface area contributed by atoms with Gasteiger partial charge in [-0.2, -0.15) is 0 Å². The Kier molecular flexibility index (Phi) is 3.22. The van der Waals surface area contributed by atoms with Gasteiger partial charge in [0, 0.05) is 30.5 Å². The molecule has 21 heavy (non-hydrogen) atoms. The molecule has 3 aliphatic rings. The third-order valence-corrected chi connectivity index (χ3v) is 4.90. The maximum Gasteiger partial charge on any atom is 0.414 e. The Hall–Kier alpha value is -1.75. The smallest absolute Gasteiger partial charge is 0.414 e. The molecule has 1 aromatic rings. The van der Waals surface area contributed by atoms with Crippen molar-refractivity contribution in [2.45, 2.75) is 18.9 Å². The van der Waals surface area contributed by atoms with Crippen molar-refractivity contribution in [3.8, 4) is 0 Å².